The minimum Gasteiger partial charge on any atom is -0.496 e. The fourth-order valence-corrected chi connectivity index (χ4v) is 5.09. The van der Waals surface area contributed by atoms with Gasteiger partial charge in [0.15, 0.2) is 5.16 Å². The summed E-state index contributed by atoms with van der Waals surface area (Å²) in [4.78, 5) is 13.5. The molecule has 0 fully saturated rings. The molecule has 0 atom stereocenters. The molecule has 9 heteroatoms. The van der Waals surface area contributed by atoms with Gasteiger partial charge in [0.05, 0.1) is 31.7 Å². The highest BCUT2D eigenvalue weighted by Gasteiger charge is 2.18. The van der Waals surface area contributed by atoms with Crippen molar-refractivity contribution >= 4 is 40.0 Å². The van der Waals surface area contributed by atoms with Gasteiger partial charge in [0.25, 0.3) is 5.56 Å². The van der Waals surface area contributed by atoms with Crippen LogP contribution in [0.2, 0.25) is 5.02 Å². The summed E-state index contributed by atoms with van der Waals surface area (Å²) in [5.74, 6) is 2.51. The van der Waals surface area contributed by atoms with Crippen LogP contribution in [0.5, 0.6) is 11.5 Å². The van der Waals surface area contributed by atoms with Crippen molar-refractivity contribution in [3.8, 4) is 11.5 Å². The quantitative estimate of drug-likeness (QED) is 0.296. The summed E-state index contributed by atoms with van der Waals surface area (Å²) >= 11 is 7.70. The standard InChI is InChI=1S/C25H21ClN4O3S/c1-32-21-10-6-3-7-16(21)14-29-23(31)19-8-4-5-9-20(19)30-24(29)27-28-25(30)34-15-17-13-18(26)11-12-22(17)33-2/h3-13H,14-15H2,1-2H3. The number of aromatic nitrogens is 4. The van der Waals surface area contributed by atoms with Crippen LogP contribution < -0.4 is 15.0 Å². The molecule has 0 saturated carbocycles. The van der Waals surface area contributed by atoms with Crippen LogP contribution in [0.1, 0.15) is 11.1 Å². The van der Waals surface area contributed by atoms with E-state index in [0.717, 1.165) is 22.4 Å². The van der Waals surface area contributed by atoms with Crippen LogP contribution in [-0.2, 0) is 12.3 Å². The smallest absolute Gasteiger partial charge is 0.263 e. The number of ether oxygens (including phenoxy) is 2. The van der Waals surface area contributed by atoms with Crippen molar-refractivity contribution in [1.82, 2.24) is 19.2 Å². The topological polar surface area (TPSA) is 70.7 Å². The van der Waals surface area contributed by atoms with Gasteiger partial charge >= 0.3 is 0 Å². The Bertz CT molecular complexity index is 1560. The fourth-order valence-electron chi connectivity index (χ4n) is 3.98. The van der Waals surface area contributed by atoms with Gasteiger partial charge in [-0.3, -0.25) is 13.8 Å². The zero-order valence-electron chi connectivity index (χ0n) is 18.6. The molecule has 0 unspecified atom stereocenters. The van der Waals surface area contributed by atoms with Crippen LogP contribution >= 0.6 is 23.4 Å². The van der Waals surface area contributed by atoms with E-state index < -0.39 is 0 Å². The molecule has 172 valence electrons. The van der Waals surface area contributed by atoms with Gasteiger partial charge in [-0.05, 0) is 36.4 Å². The van der Waals surface area contributed by atoms with E-state index in [0.29, 0.717) is 39.4 Å². The predicted molar refractivity (Wildman–Crippen MR) is 134 cm³/mol. The molecule has 0 spiro atoms. The molecule has 7 nitrogen and oxygen atoms in total. The Morgan fingerprint density at radius 1 is 0.912 bits per heavy atom. The first-order chi connectivity index (χ1) is 16.6. The lowest BCUT2D eigenvalue weighted by atomic mass is 10.2. The number of hydrogen-bond donors (Lipinski definition) is 0. The molecule has 0 saturated heterocycles. The Morgan fingerprint density at radius 2 is 1.65 bits per heavy atom. The van der Waals surface area contributed by atoms with Crippen molar-refractivity contribution < 1.29 is 9.47 Å². The van der Waals surface area contributed by atoms with Crippen molar-refractivity contribution in [2.45, 2.75) is 17.5 Å². The molecule has 0 aliphatic carbocycles. The van der Waals surface area contributed by atoms with Crippen molar-refractivity contribution in [2.24, 2.45) is 0 Å². The SMILES string of the molecule is COc1ccc(Cl)cc1CSc1nnc2n(Cc3ccccc3OC)c(=O)c3ccccc3n12. The number of halogens is 1. The second kappa shape index (κ2) is 9.40. The van der Waals surface area contributed by atoms with Gasteiger partial charge < -0.3 is 9.47 Å². The minimum atomic E-state index is -0.130. The molecule has 3 aromatic carbocycles. The third kappa shape index (κ3) is 3.99. The number of benzene rings is 3. The van der Waals surface area contributed by atoms with Crippen LogP contribution in [0.3, 0.4) is 0 Å². The summed E-state index contributed by atoms with van der Waals surface area (Å²) in [6, 6.07) is 20.7. The van der Waals surface area contributed by atoms with Crippen molar-refractivity contribution in [3.05, 3.63) is 93.2 Å². The lowest BCUT2D eigenvalue weighted by Crippen LogP contribution is -2.24. The number of hydrogen-bond acceptors (Lipinski definition) is 6. The second-order valence-corrected chi connectivity index (χ2v) is 8.96. The summed E-state index contributed by atoms with van der Waals surface area (Å²) in [5.41, 5.74) is 2.45. The number of para-hydroxylation sites is 2. The van der Waals surface area contributed by atoms with E-state index in [1.807, 2.05) is 65.1 Å². The summed E-state index contributed by atoms with van der Waals surface area (Å²) in [6.07, 6.45) is 0. The minimum absolute atomic E-state index is 0.130. The number of nitrogens with zero attached hydrogens (tertiary/aromatic N) is 4. The van der Waals surface area contributed by atoms with Crippen LogP contribution in [0, 0.1) is 0 Å². The molecule has 2 heterocycles. The molecule has 5 rings (SSSR count). The molecule has 34 heavy (non-hydrogen) atoms. The van der Waals surface area contributed by atoms with E-state index in [-0.39, 0.29) is 5.56 Å². The lowest BCUT2D eigenvalue weighted by molar-refractivity contribution is 0.408. The summed E-state index contributed by atoms with van der Waals surface area (Å²) in [6.45, 7) is 0.308. The average molecular weight is 493 g/mol. The average Bonchev–Trinajstić information content (AvgIpc) is 3.29. The van der Waals surface area contributed by atoms with Crippen LogP contribution in [0.25, 0.3) is 16.7 Å². The maximum atomic E-state index is 13.5. The lowest BCUT2D eigenvalue weighted by Gasteiger charge is -2.13. The molecule has 0 aliphatic heterocycles. The first kappa shape index (κ1) is 22.3. The zero-order chi connectivity index (χ0) is 23.7. The van der Waals surface area contributed by atoms with Crippen molar-refractivity contribution in [1.29, 1.82) is 0 Å². The summed E-state index contributed by atoms with van der Waals surface area (Å²) in [5, 5.41) is 10.7. The first-order valence-electron chi connectivity index (χ1n) is 10.5. The highest BCUT2D eigenvalue weighted by Crippen LogP contribution is 2.31. The maximum Gasteiger partial charge on any atom is 0.263 e. The van der Waals surface area contributed by atoms with E-state index in [9.17, 15) is 4.79 Å². The van der Waals surface area contributed by atoms with Gasteiger partial charge in [0, 0.05) is 21.9 Å². The normalized spacial score (nSPS) is 11.3. The summed E-state index contributed by atoms with van der Waals surface area (Å²) < 4.78 is 14.5. The molecule has 5 aromatic rings. The highest BCUT2D eigenvalue weighted by atomic mass is 35.5. The Labute approximate surface area is 204 Å². The molecule has 0 radical (unpaired) electrons. The van der Waals surface area contributed by atoms with Crippen LogP contribution in [-0.4, -0.2) is 33.4 Å². The zero-order valence-corrected chi connectivity index (χ0v) is 20.1. The molecule has 2 aromatic heterocycles. The Morgan fingerprint density at radius 3 is 2.47 bits per heavy atom. The number of rotatable bonds is 7. The Balaban J connectivity index is 1.63. The van der Waals surface area contributed by atoms with E-state index >= 15 is 0 Å². The highest BCUT2D eigenvalue weighted by molar-refractivity contribution is 7.98. The maximum absolute atomic E-state index is 13.5. The van der Waals surface area contributed by atoms with Gasteiger partial charge in [0.1, 0.15) is 11.5 Å². The number of fused-ring (bicyclic) bond motifs is 3. The predicted octanol–water partition coefficient (Wildman–Crippen LogP) is 5.06. The van der Waals surface area contributed by atoms with Crippen molar-refractivity contribution in [2.75, 3.05) is 14.2 Å². The van der Waals surface area contributed by atoms with Gasteiger partial charge in [0.2, 0.25) is 5.78 Å². The molecule has 0 N–H and O–H groups in total. The van der Waals surface area contributed by atoms with Crippen LogP contribution in [0.4, 0.5) is 0 Å². The number of methoxy groups -OCH3 is 2. The third-order valence-electron chi connectivity index (χ3n) is 5.60. The van der Waals surface area contributed by atoms with Gasteiger partial charge in [-0.2, -0.15) is 0 Å². The second-order valence-electron chi connectivity index (χ2n) is 7.58. The van der Waals surface area contributed by atoms with E-state index in [4.69, 9.17) is 21.1 Å². The largest absolute Gasteiger partial charge is 0.496 e. The Hall–Kier alpha value is -3.49. The summed E-state index contributed by atoms with van der Waals surface area (Å²) in [7, 11) is 3.25. The third-order valence-corrected chi connectivity index (χ3v) is 6.81. The monoisotopic (exact) mass is 492 g/mol. The van der Waals surface area contributed by atoms with E-state index in [1.165, 1.54) is 11.8 Å². The molecular weight excluding hydrogens is 472 g/mol. The van der Waals surface area contributed by atoms with E-state index in [2.05, 4.69) is 10.2 Å². The van der Waals surface area contributed by atoms with Gasteiger partial charge in [-0.1, -0.05) is 53.7 Å². The van der Waals surface area contributed by atoms with Crippen molar-refractivity contribution in [3.63, 3.8) is 0 Å². The fraction of sp³-hybridized carbons (Fsp3) is 0.160. The molecule has 0 aliphatic rings. The van der Waals surface area contributed by atoms with Crippen LogP contribution in [0.15, 0.2) is 76.7 Å². The van der Waals surface area contributed by atoms with Gasteiger partial charge in [-0.25, -0.2) is 0 Å². The first-order valence-corrected chi connectivity index (χ1v) is 11.9. The molecular formula is C25H21ClN4O3S. The Kier molecular flexibility index (Phi) is 6.17. The molecule has 0 amide bonds. The molecule has 0 bridgehead atoms. The number of thioether (sulfide) groups is 1. The van der Waals surface area contributed by atoms with Gasteiger partial charge in [-0.15, -0.1) is 10.2 Å². The van der Waals surface area contributed by atoms with E-state index in [1.54, 1.807) is 24.9 Å².